The molecule has 90 valence electrons. The predicted molar refractivity (Wildman–Crippen MR) is 58.9 cm³/mol. The summed E-state index contributed by atoms with van der Waals surface area (Å²) in [5, 5.41) is 3.25. The van der Waals surface area contributed by atoms with Crippen molar-refractivity contribution in [1.29, 1.82) is 0 Å². The average Bonchev–Trinajstić information content (AvgIpc) is 2.66. The molecular weight excluding hydrogens is 209 g/mol. The molecule has 0 spiro atoms. The fourth-order valence-electron chi connectivity index (χ4n) is 2.17. The number of nitrogens with one attached hydrogen (secondary N) is 1. The van der Waals surface area contributed by atoms with Crippen LogP contribution in [0.5, 0.6) is 0 Å². The predicted octanol–water partition coefficient (Wildman–Crippen LogP) is 0.983. The van der Waals surface area contributed by atoms with E-state index >= 15 is 0 Å². The van der Waals surface area contributed by atoms with Crippen LogP contribution in [0.25, 0.3) is 0 Å². The molecule has 1 saturated heterocycles. The lowest BCUT2D eigenvalue weighted by atomic mass is 9.97. The first-order valence-corrected chi connectivity index (χ1v) is 5.57. The fourth-order valence-corrected chi connectivity index (χ4v) is 2.17. The molecule has 2 rings (SSSR count). The highest BCUT2D eigenvalue weighted by Gasteiger charge is 2.33. The molecule has 1 aliphatic rings. The van der Waals surface area contributed by atoms with Crippen LogP contribution < -0.4 is 5.32 Å². The van der Waals surface area contributed by atoms with Crippen LogP contribution in [0, 0.1) is 0 Å². The summed E-state index contributed by atoms with van der Waals surface area (Å²) < 4.78 is 21.6. The molecule has 2 atom stereocenters. The molecule has 0 aromatic carbocycles. The molecule has 1 aromatic heterocycles. The van der Waals surface area contributed by atoms with Crippen LogP contribution in [-0.4, -0.2) is 35.4 Å². The van der Waals surface area contributed by atoms with E-state index in [1.54, 1.807) is 23.9 Å². The first-order valence-electron chi connectivity index (χ1n) is 5.57. The number of alkyl halides is 1. The minimum Gasteiger partial charge on any atom is -0.379 e. The largest absolute Gasteiger partial charge is 0.379 e. The zero-order valence-corrected chi connectivity index (χ0v) is 9.74. The molecule has 1 aromatic rings. The summed E-state index contributed by atoms with van der Waals surface area (Å²) >= 11 is 0. The van der Waals surface area contributed by atoms with E-state index in [0.717, 1.165) is 6.54 Å². The minimum absolute atomic E-state index is 0.0699. The normalized spacial score (nSPS) is 25.3. The highest BCUT2D eigenvalue weighted by atomic mass is 19.1. The Morgan fingerprint density at radius 1 is 1.75 bits per heavy atom. The molecular formula is C11H18FN3O. The van der Waals surface area contributed by atoms with Gasteiger partial charge in [-0.2, -0.15) is 0 Å². The van der Waals surface area contributed by atoms with Gasteiger partial charge in [-0.1, -0.05) is 0 Å². The molecule has 2 heterocycles. The van der Waals surface area contributed by atoms with Gasteiger partial charge in [0.1, 0.15) is 5.82 Å². The summed E-state index contributed by atoms with van der Waals surface area (Å²) in [6.07, 6.45) is 3.77. The molecule has 0 amide bonds. The number of morpholine rings is 1. The third-order valence-corrected chi connectivity index (χ3v) is 2.92. The molecule has 1 fully saturated rings. The summed E-state index contributed by atoms with van der Waals surface area (Å²) in [6, 6.07) is 0.0699. The van der Waals surface area contributed by atoms with Crippen LogP contribution in [0.15, 0.2) is 12.4 Å². The van der Waals surface area contributed by atoms with Gasteiger partial charge in [-0.3, -0.25) is 0 Å². The molecule has 16 heavy (non-hydrogen) atoms. The lowest BCUT2D eigenvalue weighted by Gasteiger charge is -2.29. The van der Waals surface area contributed by atoms with Gasteiger partial charge in [0, 0.05) is 38.4 Å². The Kier molecular flexibility index (Phi) is 3.25. The summed E-state index contributed by atoms with van der Waals surface area (Å²) in [6.45, 7) is 3.65. The van der Waals surface area contributed by atoms with Crippen molar-refractivity contribution in [3.8, 4) is 0 Å². The molecule has 1 aliphatic heterocycles. The third kappa shape index (κ3) is 2.41. The number of aromatic nitrogens is 2. The van der Waals surface area contributed by atoms with Crippen molar-refractivity contribution in [2.45, 2.75) is 25.1 Å². The topological polar surface area (TPSA) is 39.1 Å². The van der Waals surface area contributed by atoms with E-state index in [2.05, 4.69) is 10.3 Å². The lowest BCUT2D eigenvalue weighted by Crippen LogP contribution is -2.44. The van der Waals surface area contributed by atoms with Gasteiger partial charge in [0.2, 0.25) is 0 Å². The van der Waals surface area contributed by atoms with Gasteiger partial charge in [-0.15, -0.1) is 0 Å². The van der Waals surface area contributed by atoms with Crippen LogP contribution in [0.4, 0.5) is 4.39 Å². The number of rotatable bonds is 3. The SMILES string of the molecule is Cn1ccnc1C(C)(F)CC1COCCN1. The second kappa shape index (κ2) is 4.51. The zero-order valence-electron chi connectivity index (χ0n) is 9.74. The quantitative estimate of drug-likeness (QED) is 0.836. The first kappa shape index (κ1) is 11.5. The maximum Gasteiger partial charge on any atom is 0.167 e. The Morgan fingerprint density at radius 2 is 2.56 bits per heavy atom. The average molecular weight is 227 g/mol. The van der Waals surface area contributed by atoms with Crippen molar-refractivity contribution in [2.75, 3.05) is 19.8 Å². The van der Waals surface area contributed by atoms with Crippen LogP contribution in [0.1, 0.15) is 19.2 Å². The van der Waals surface area contributed by atoms with Crippen molar-refractivity contribution in [1.82, 2.24) is 14.9 Å². The fraction of sp³-hybridized carbons (Fsp3) is 0.727. The van der Waals surface area contributed by atoms with E-state index in [9.17, 15) is 4.39 Å². The highest BCUT2D eigenvalue weighted by molar-refractivity contribution is 5.04. The smallest absolute Gasteiger partial charge is 0.167 e. The van der Waals surface area contributed by atoms with Crippen molar-refractivity contribution in [2.24, 2.45) is 7.05 Å². The molecule has 0 bridgehead atoms. The molecule has 4 nitrogen and oxygen atoms in total. The second-order valence-corrected chi connectivity index (χ2v) is 4.49. The van der Waals surface area contributed by atoms with Gasteiger partial charge in [0.25, 0.3) is 0 Å². The Labute approximate surface area is 94.8 Å². The van der Waals surface area contributed by atoms with E-state index in [1.165, 1.54) is 0 Å². The van der Waals surface area contributed by atoms with Gasteiger partial charge in [-0.05, 0) is 6.92 Å². The van der Waals surface area contributed by atoms with E-state index in [-0.39, 0.29) is 6.04 Å². The third-order valence-electron chi connectivity index (χ3n) is 2.92. The first-order chi connectivity index (χ1) is 7.59. The number of nitrogens with zero attached hydrogens (tertiary/aromatic N) is 2. The van der Waals surface area contributed by atoms with Crippen LogP contribution >= 0.6 is 0 Å². The number of imidazole rings is 1. The van der Waals surface area contributed by atoms with Crippen molar-refractivity contribution < 1.29 is 9.13 Å². The van der Waals surface area contributed by atoms with Gasteiger partial charge >= 0.3 is 0 Å². The molecule has 0 saturated carbocycles. The lowest BCUT2D eigenvalue weighted by molar-refractivity contribution is 0.0442. The van der Waals surface area contributed by atoms with E-state index in [0.29, 0.717) is 25.5 Å². The van der Waals surface area contributed by atoms with Gasteiger partial charge in [0.05, 0.1) is 13.2 Å². The van der Waals surface area contributed by atoms with Crippen LogP contribution in [-0.2, 0) is 17.5 Å². The Morgan fingerprint density at radius 3 is 3.12 bits per heavy atom. The van der Waals surface area contributed by atoms with Gasteiger partial charge in [-0.25, -0.2) is 9.37 Å². The van der Waals surface area contributed by atoms with Gasteiger partial charge < -0.3 is 14.6 Å². The Bertz CT molecular complexity index is 345. The van der Waals surface area contributed by atoms with Crippen LogP contribution in [0.3, 0.4) is 0 Å². The maximum absolute atomic E-state index is 14.5. The molecule has 2 unspecified atom stereocenters. The van der Waals surface area contributed by atoms with Crippen molar-refractivity contribution >= 4 is 0 Å². The zero-order chi connectivity index (χ0) is 11.6. The summed E-state index contributed by atoms with van der Waals surface area (Å²) in [5.41, 5.74) is -1.42. The highest BCUT2D eigenvalue weighted by Crippen LogP contribution is 2.29. The van der Waals surface area contributed by atoms with E-state index in [1.807, 2.05) is 7.05 Å². The monoisotopic (exact) mass is 227 g/mol. The summed E-state index contributed by atoms with van der Waals surface area (Å²) in [5.74, 6) is 0.472. The maximum atomic E-state index is 14.5. The standard InChI is InChI=1S/C11H18FN3O/c1-11(12,10-14-3-5-15(10)2)7-9-8-16-6-4-13-9/h3,5,9,13H,4,6-8H2,1-2H3. The number of halogens is 1. The van der Waals surface area contributed by atoms with Gasteiger partial charge in [0.15, 0.2) is 5.67 Å². The number of ether oxygens (including phenoxy) is 1. The van der Waals surface area contributed by atoms with Crippen LogP contribution in [0.2, 0.25) is 0 Å². The minimum atomic E-state index is -1.42. The number of hydrogen-bond acceptors (Lipinski definition) is 3. The van der Waals surface area contributed by atoms with E-state index < -0.39 is 5.67 Å². The number of hydrogen-bond donors (Lipinski definition) is 1. The summed E-state index contributed by atoms with van der Waals surface area (Å²) in [4.78, 5) is 4.07. The number of aryl methyl sites for hydroxylation is 1. The Balaban J connectivity index is 2.04. The second-order valence-electron chi connectivity index (χ2n) is 4.49. The van der Waals surface area contributed by atoms with Crippen molar-refractivity contribution in [3.05, 3.63) is 18.2 Å². The van der Waals surface area contributed by atoms with Crippen molar-refractivity contribution in [3.63, 3.8) is 0 Å². The van der Waals surface area contributed by atoms with E-state index in [4.69, 9.17) is 4.74 Å². The summed E-state index contributed by atoms with van der Waals surface area (Å²) in [7, 11) is 1.81. The molecule has 0 radical (unpaired) electrons. The molecule has 0 aliphatic carbocycles. The Hall–Kier alpha value is -0.940. The molecule has 1 N–H and O–H groups in total. The molecule has 5 heteroatoms.